The van der Waals surface area contributed by atoms with Crippen LogP contribution < -0.4 is 0 Å². The van der Waals surface area contributed by atoms with Gasteiger partial charge in [0.1, 0.15) is 5.60 Å². The molecule has 0 aliphatic carbocycles. The van der Waals surface area contributed by atoms with Gasteiger partial charge in [0.25, 0.3) is 0 Å². The average Bonchev–Trinajstić information content (AvgIpc) is 2.88. The maximum atomic E-state index is 12.8. The number of rotatable bonds is 2. The fourth-order valence-electron chi connectivity index (χ4n) is 2.85. The van der Waals surface area contributed by atoms with Crippen LogP contribution in [0.4, 0.5) is 4.79 Å². The van der Waals surface area contributed by atoms with Gasteiger partial charge in [-0.3, -0.25) is 4.79 Å². The first kappa shape index (κ1) is 16.0. The molecule has 2 heterocycles. The van der Waals surface area contributed by atoms with E-state index in [4.69, 9.17) is 4.74 Å². The molecule has 1 aliphatic heterocycles. The van der Waals surface area contributed by atoms with Gasteiger partial charge in [0.2, 0.25) is 0 Å². The molecule has 2 aromatic rings. The molecule has 0 radical (unpaired) electrons. The lowest BCUT2D eigenvalue weighted by Crippen LogP contribution is -2.61. The Kier molecular flexibility index (Phi) is 3.71. The third kappa shape index (κ3) is 3.11. The molecule has 0 atom stereocenters. The molecule has 4 nitrogen and oxygen atoms in total. The van der Waals surface area contributed by atoms with E-state index in [1.807, 2.05) is 57.3 Å². The number of fused-ring (bicyclic) bond motifs is 1. The number of amides is 1. The fraction of sp³-hybridized carbons (Fsp3) is 0.444. The van der Waals surface area contributed by atoms with Crippen molar-refractivity contribution < 1.29 is 14.3 Å². The van der Waals surface area contributed by atoms with E-state index in [0.717, 1.165) is 5.39 Å². The van der Waals surface area contributed by atoms with Gasteiger partial charge >= 0.3 is 6.09 Å². The van der Waals surface area contributed by atoms with Gasteiger partial charge in [-0.25, -0.2) is 4.79 Å². The lowest BCUT2D eigenvalue weighted by Gasteiger charge is -2.46. The minimum atomic E-state index is -0.527. The molecule has 0 bridgehead atoms. The summed E-state index contributed by atoms with van der Waals surface area (Å²) in [7, 11) is 0. The van der Waals surface area contributed by atoms with E-state index in [0.29, 0.717) is 18.7 Å². The Morgan fingerprint density at radius 2 is 1.91 bits per heavy atom. The van der Waals surface area contributed by atoms with Crippen LogP contribution in [-0.2, 0) is 4.74 Å². The van der Waals surface area contributed by atoms with Crippen molar-refractivity contribution in [2.45, 2.75) is 33.3 Å². The zero-order valence-electron chi connectivity index (χ0n) is 13.9. The predicted molar refractivity (Wildman–Crippen MR) is 92.1 cm³/mol. The van der Waals surface area contributed by atoms with Crippen molar-refractivity contribution in [3.8, 4) is 0 Å². The van der Waals surface area contributed by atoms with Crippen LogP contribution in [0.15, 0.2) is 29.6 Å². The molecule has 122 valence electrons. The molecule has 23 heavy (non-hydrogen) atoms. The summed E-state index contributed by atoms with van der Waals surface area (Å²) in [6.45, 7) is 8.24. The van der Waals surface area contributed by atoms with E-state index in [2.05, 4.69) is 0 Å². The highest BCUT2D eigenvalue weighted by atomic mass is 32.1. The van der Waals surface area contributed by atoms with Gasteiger partial charge in [0.15, 0.2) is 5.78 Å². The van der Waals surface area contributed by atoms with E-state index in [1.165, 1.54) is 4.70 Å². The minimum Gasteiger partial charge on any atom is -0.444 e. The highest BCUT2D eigenvalue weighted by Gasteiger charge is 2.48. The summed E-state index contributed by atoms with van der Waals surface area (Å²) in [6, 6.07) is 7.83. The fourth-order valence-corrected chi connectivity index (χ4v) is 3.62. The van der Waals surface area contributed by atoms with E-state index < -0.39 is 11.0 Å². The lowest BCUT2D eigenvalue weighted by atomic mass is 9.75. The molecule has 1 saturated heterocycles. The Bertz CT molecular complexity index is 766. The summed E-state index contributed by atoms with van der Waals surface area (Å²) < 4.78 is 6.52. The van der Waals surface area contributed by atoms with Crippen molar-refractivity contribution in [2.75, 3.05) is 13.1 Å². The molecule has 3 rings (SSSR count). The number of hydrogen-bond donors (Lipinski definition) is 0. The Morgan fingerprint density at radius 3 is 2.57 bits per heavy atom. The number of thiophene rings is 1. The smallest absolute Gasteiger partial charge is 0.410 e. The summed E-state index contributed by atoms with van der Waals surface area (Å²) in [6.07, 6.45) is -0.351. The Hall–Kier alpha value is -1.88. The third-order valence-electron chi connectivity index (χ3n) is 3.99. The number of benzene rings is 1. The number of nitrogens with zero attached hydrogens (tertiary/aromatic N) is 1. The highest BCUT2D eigenvalue weighted by molar-refractivity contribution is 7.17. The largest absolute Gasteiger partial charge is 0.444 e. The Labute approximate surface area is 140 Å². The van der Waals surface area contributed by atoms with Gasteiger partial charge in [-0.1, -0.05) is 0 Å². The zero-order valence-corrected chi connectivity index (χ0v) is 14.7. The molecule has 1 fully saturated rings. The van der Waals surface area contributed by atoms with E-state index in [9.17, 15) is 9.59 Å². The maximum Gasteiger partial charge on any atom is 0.410 e. The summed E-state index contributed by atoms with van der Waals surface area (Å²) in [5.74, 6) is 0.0883. The van der Waals surface area contributed by atoms with Crippen molar-refractivity contribution in [1.29, 1.82) is 0 Å². The van der Waals surface area contributed by atoms with Gasteiger partial charge in [-0.15, -0.1) is 11.3 Å². The topological polar surface area (TPSA) is 46.6 Å². The highest BCUT2D eigenvalue weighted by Crippen LogP contribution is 2.35. The first-order chi connectivity index (χ1) is 10.7. The number of hydrogen-bond acceptors (Lipinski definition) is 4. The summed E-state index contributed by atoms with van der Waals surface area (Å²) in [4.78, 5) is 26.4. The molecule has 0 N–H and O–H groups in total. The van der Waals surface area contributed by atoms with Crippen LogP contribution in [0.5, 0.6) is 0 Å². The van der Waals surface area contributed by atoms with Crippen LogP contribution in [-0.4, -0.2) is 35.5 Å². The minimum absolute atomic E-state index is 0.0883. The van der Waals surface area contributed by atoms with Crippen molar-refractivity contribution in [3.05, 3.63) is 35.2 Å². The second kappa shape index (κ2) is 5.34. The van der Waals surface area contributed by atoms with E-state index in [-0.39, 0.29) is 11.9 Å². The summed E-state index contributed by atoms with van der Waals surface area (Å²) in [5.41, 5.74) is -0.334. The first-order valence-corrected chi connectivity index (χ1v) is 8.56. The van der Waals surface area contributed by atoms with Crippen LogP contribution in [0.2, 0.25) is 0 Å². The maximum absolute atomic E-state index is 12.8. The van der Waals surface area contributed by atoms with Crippen LogP contribution in [0, 0.1) is 5.41 Å². The van der Waals surface area contributed by atoms with Crippen molar-refractivity contribution >= 4 is 33.3 Å². The van der Waals surface area contributed by atoms with Crippen molar-refractivity contribution in [1.82, 2.24) is 4.90 Å². The number of carbonyl (C=O) groups is 2. The predicted octanol–water partition coefficient (Wildman–Crippen LogP) is 4.34. The summed E-state index contributed by atoms with van der Waals surface area (Å²) in [5, 5.41) is 3.11. The van der Waals surface area contributed by atoms with E-state index >= 15 is 0 Å². The first-order valence-electron chi connectivity index (χ1n) is 7.68. The average molecular weight is 331 g/mol. The molecule has 1 aromatic heterocycles. The second-order valence-corrected chi connectivity index (χ2v) is 8.35. The number of likely N-dealkylation sites (tertiary alicyclic amines) is 1. The van der Waals surface area contributed by atoms with Crippen molar-refractivity contribution in [3.63, 3.8) is 0 Å². The van der Waals surface area contributed by atoms with Gasteiger partial charge in [0, 0.05) is 23.4 Å². The normalized spacial score (nSPS) is 17.0. The lowest BCUT2D eigenvalue weighted by molar-refractivity contribution is -0.0197. The number of ketones is 1. The molecule has 1 aliphatic rings. The standard InChI is InChI=1S/C18H21NO3S/c1-17(2,3)22-16(21)19-10-18(4,11-19)15(20)13-5-6-14-12(9-13)7-8-23-14/h5-9H,10-11H2,1-4H3. The Morgan fingerprint density at radius 1 is 1.22 bits per heavy atom. The molecule has 5 heteroatoms. The monoisotopic (exact) mass is 331 g/mol. The van der Waals surface area contributed by atoms with Gasteiger partial charge in [-0.05, 0) is 62.7 Å². The number of carbonyl (C=O) groups excluding carboxylic acids is 2. The van der Waals surface area contributed by atoms with Crippen LogP contribution in [0.1, 0.15) is 38.1 Å². The molecule has 0 unspecified atom stereocenters. The molecule has 0 spiro atoms. The Balaban J connectivity index is 1.70. The van der Waals surface area contributed by atoms with Gasteiger partial charge in [0.05, 0.1) is 5.41 Å². The van der Waals surface area contributed by atoms with E-state index in [1.54, 1.807) is 16.2 Å². The van der Waals surface area contributed by atoms with Crippen LogP contribution in [0.3, 0.4) is 0 Å². The quantitative estimate of drug-likeness (QED) is 0.769. The third-order valence-corrected chi connectivity index (χ3v) is 4.89. The number of Topliss-reactive ketones (excluding diaryl/α,β-unsaturated/α-hetero) is 1. The molecule has 1 aromatic carbocycles. The SMILES string of the molecule is CC(C)(C)OC(=O)N1CC(C)(C(=O)c2ccc3sccc3c2)C1. The molecule has 1 amide bonds. The van der Waals surface area contributed by atoms with Crippen LogP contribution >= 0.6 is 11.3 Å². The van der Waals surface area contributed by atoms with Crippen molar-refractivity contribution in [2.24, 2.45) is 5.41 Å². The van der Waals surface area contributed by atoms with Gasteiger partial charge < -0.3 is 9.64 Å². The number of ether oxygens (including phenoxy) is 1. The molecular weight excluding hydrogens is 310 g/mol. The van der Waals surface area contributed by atoms with Gasteiger partial charge in [-0.2, -0.15) is 0 Å². The second-order valence-electron chi connectivity index (χ2n) is 7.40. The summed E-state index contributed by atoms with van der Waals surface area (Å²) >= 11 is 1.66. The van der Waals surface area contributed by atoms with Crippen LogP contribution in [0.25, 0.3) is 10.1 Å². The molecule has 0 saturated carbocycles. The zero-order chi connectivity index (χ0) is 16.8. The molecular formula is C18H21NO3S.